The van der Waals surface area contributed by atoms with Crippen LogP contribution in [-0.2, 0) is 38.6 Å². The molecule has 2 heterocycles. The second-order valence-electron chi connectivity index (χ2n) is 8.49. The summed E-state index contributed by atoms with van der Waals surface area (Å²) in [6, 6.07) is 10.4. The highest BCUT2D eigenvalue weighted by Crippen LogP contribution is 2.21. The number of nitrogens with one attached hydrogen (secondary N) is 2. The van der Waals surface area contributed by atoms with E-state index in [1.54, 1.807) is 0 Å². The number of carbonyl (C=O) groups is 4. The molecule has 2 bridgehead atoms. The van der Waals surface area contributed by atoms with Gasteiger partial charge in [-0.25, -0.2) is 4.79 Å². The summed E-state index contributed by atoms with van der Waals surface area (Å²) in [7, 11) is 0. The van der Waals surface area contributed by atoms with Crippen molar-refractivity contribution >= 4 is 35.1 Å². The molecule has 2 amide bonds. The van der Waals surface area contributed by atoms with Crippen LogP contribution in [0.3, 0.4) is 0 Å². The zero-order valence-electron chi connectivity index (χ0n) is 18.8. The normalized spacial score (nSPS) is 17.6. The van der Waals surface area contributed by atoms with Crippen molar-refractivity contribution in [2.24, 2.45) is 11.8 Å². The molecule has 1 aromatic heterocycles. The summed E-state index contributed by atoms with van der Waals surface area (Å²) in [6.07, 6.45) is 0.661. The Morgan fingerprint density at radius 1 is 1.21 bits per heavy atom. The molecule has 33 heavy (non-hydrogen) atoms. The summed E-state index contributed by atoms with van der Waals surface area (Å²) in [5.41, 5.74) is 1.72. The molecular weight excluding hydrogens is 442 g/mol. The lowest BCUT2D eigenvalue weighted by atomic mass is 9.87. The average Bonchev–Trinajstić information content (AvgIpc) is 3.25. The highest BCUT2D eigenvalue weighted by Gasteiger charge is 2.32. The fourth-order valence-electron chi connectivity index (χ4n) is 3.69. The maximum Gasteiger partial charge on any atom is 0.408 e. The number of amides is 2. The zero-order chi connectivity index (χ0) is 23.8. The topological polar surface area (TPSA) is 114 Å². The molecule has 176 valence electrons. The van der Waals surface area contributed by atoms with E-state index >= 15 is 0 Å². The number of fused-ring (bicyclic) bond motifs is 2. The molecule has 1 aliphatic rings. The summed E-state index contributed by atoms with van der Waals surface area (Å²) in [6.45, 7) is 4.03. The van der Waals surface area contributed by atoms with Gasteiger partial charge in [-0.1, -0.05) is 44.2 Å². The van der Waals surface area contributed by atoms with Crippen LogP contribution in [0.15, 0.2) is 36.4 Å². The monoisotopic (exact) mass is 471 g/mol. The lowest BCUT2D eigenvalue weighted by molar-refractivity contribution is -0.141. The lowest BCUT2D eigenvalue weighted by Gasteiger charge is -2.23. The van der Waals surface area contributed by atoms with Gasteiger partial charge in [0.15, 0.2) is 5.78 Å². The smallest absolute Gasteiger partial charge is 0.408 e. The van der Waals surface area contributed by atoms with Gasteiger partial charge in [0.25, 0.3) is 5.91 Å². The third kappa shape index (κ3) is 7.21. The van der Waals surface area contributed by atoms with Gasteiger partial charge in [0.2, 0.25) is 5.78 Å². The van der Waals surface area contributed by atoms with Crippen molar-refractivity contribution in [2.45, 2.75) is 52.2 Å². The summed E-state index contributed by atoms with van der Waals surface area (Å²) in [5, 5.41) is 5.26. The Kier molecular flexibility index (Phi) is 8.71. The molecule has 0 saturated carbocycles. The minimum Gasteiger partial charge on any atom is -0.445 e. The van der Waals surface area contributed by atoms with Gasteiger partial charge in [-0.2, -0.15) is 4.37 Å². The van der Waals surface area contributed by atoms with Gasteiger partial charge in [0, 0.05) is 30.2 Å². The van der Waals surface area contributed by atoms with Crippen LogP contribution in [0, 0.1) is 11.8 Å². The molecule has 0 spiro atoms. The summed E-state index contributed by atoms with van der Waals surface area (Å²) < 4.78 is 9.61. The standard InChI is InChI=1S/C24H29N3O5S/c1-15(2)21(26-24(31)32-14-16-6-4-3-5-7-16)20(28)12-17-8-9-19-13-18(27-33-19)10-11-25-23(30)22(17)29/h3-7,13,15,17,21H,8-12,14H2,1-2H3,(H,25,30)(H,26,31). The molecule has 1 aliphatic heterocycles. The van der Waals surface area contributed by atoms with Crippen molar-refractivity contribution in [3.05, 3.63) is 52.5 Å². The quantitative estimate of drug-likeness (QED) is 0.600. The number of rotatable bonds is 7. The predicted octanol–water partition coefficient (Wildman–Crippen LogP) is 2.84. The first kappa shape index (κ1) is 24.6. The summed E-state index contributed by atoms with van der Waals surface area (Å²) >= 11 is 1.38. The fourth-order valence-corrected chi connectivity index (χ4v) is 4.47. The van der Waals surface area contributed by atoms with Crippen LogP contribution >= 0.6 is 11.5 Å². The number of carbonyl (C=O) groups excluding carboxylic acids is 4. The van der Waals surface area contributed by atoms with E-state index in [2.05, 4.69) is 15.0 Å². The van der Waals surface area contributed by atoms with Crippen molar-refractivity contribution in [1.82, 2.24) is 15.0 Å². The average molecular weight is 472 g/mol. The Bertz CT molecular complexity index is 989. The number of Topliss-reactive ketones (excluding diaryl/α,β-unsaturated/α-hetero) is 2. The molecule has 0 radical (unpaired) electrons. The molecule has 0 saturated heterocycles. The molecule has 0 fully saturated rings. The van der Waals surface area contributed by atoms with E-state index in [0.29, 0.717) is 25.8 Å². The number of ether oxygens (including phenoxy) is 1. The van der Waals surface area contributed by atoms with Gasteiger partial charge < -0.3 is 15.4 Å². The number of hydrogen-bond acceptors (Lipinski definition) is 7. The first-order valence-electron chi connectivity index (χ1n) is 11.1. The minimum absolute atomic E-state index is 0.0871. The second-order valence-corrected chi connectivity index (χ2v) is 9.38. The Morgan fingerprint density at radius 3 is 2.70 bits per heavy atom. The number of ketones is 2. The summed E-state index contributed by atoms with van der Waals surface area (Å²) in [5.74, 6) is -2.54. The third-order valence-corrected chi connectivity index (χ3v) is 6.44. The molecule has 2 aromatic rings. The number of alkyl carbamates (subject to hydrolysis) is 1. The molecule has 9 heteroatoms. The van der Waals surface area contributed by atoms with Gasteiger partial charge in [0.05, 0.1) is 11.7 Å². The van der Waals surface area contributed by atoms with Crippen LogP contribution in [0.25, 0.3) is 0 Å². The second kappa shape index (κ2) is 11.7. The van der Waals surface area contributed by atoms with E-state index in [-0.39, 0.29) is 24.7 Å². The van der Waals surface area contributed by atoms with Gasteiger partial charge in [-0.3, -0.25) is 14.4 Å². The summed E-state index contributed by atoms with van der Waals surface area (Å²) in [4.78, 5) is 51.5. The van der Waals surface area contributed by atoms with Gasteiger partial charge in [-0.05, 0) is 41.9 Å². The third-order valence-electron chi connectivity index (χ3n) is 5.56. The maximum absolute atomic E-state index is 13.1. The van der Waals surface area contributed by atoms with Crippen molar-refractivity contribution < 1.29 is 23.9 Å². The molecule has 1 aromatic carbocycles. The van der Waals surface area contributed by atoms with Crippen LogP contribution in [0.1, 0.15) is 42.8 Å². The van der Waals surface area contributed by atoms with E-state index in [1.165, 1.54) is 11.5 Å². The molecule has 8 nitrogen and oxygen atoms in total. The van der Waals surface area contributed by atoms with Crippen molar-refractivity contribution in [3.8, 4) is 0 Å². The van der Waals surface area contributed by atoms with Crippen LogP contribution in [-0.4, -0.2) is 40.5 Å². The van der Waals surface area contributed by atoms with E-state index in [4.69, 9.17) is 4.74 Å². The van der Waals surface area contributed by atoms with Crippen LogP contribution in [0.5, 0.6) is 0 Å². The largest absolute Gasteiger partial charge is 0.445 e. The Hall–Kier alpha value is -3.07. The molecular formula is C24H29N3O5S. The predicted molar refractivity (Wildman–Crippen MR) is 124 cm³/mol. The van der Waals surface area contributed by atoms with Crippen molar-refractivity contribution in [2.75, 3.05) is 6.54 Å². The number of benzene rings is 1. The first-order valence-corrected chi connectivity index (χ1v) is 11.9. The van der Waals surface area contributed by atoms with E-state index in [9.17, 15) is 19.2 Å². The lowest BCUT2D eigenvalue weighted by Crippen LogP contribution is -2.46. The highest BCUT2D eigenvalue weighted by molar-refractivity contribution is 7.05. The van der Waals surface area contributed by atoms with Gasteiger partial charge >= 0.3 is 6.09 Å². The van der Waals surface area contributed by atoms with Crippen molar-refractivity contribution in [3.63, 3.8) is 0 Å². The number of hydrogen-bond donors (Lipinski definition) is 2. The number of aryl methyl sites for hydroxylation is 1. The van der Waals surface area contributed by atoms with Gasteiger partial charge in [0.1, 0.15) is 6.61 Å². The fraction of sp³-hybridized carbons (Fsp3) is 0.458. The zero-order valence-corrected chi connectivity index (χ0v) is 19.7. The molecule has 2 unspecified atom stereocenters. The van der Waals surface area contributed by atoms with Crippen LogP contribution < -0.4 is 10.6 Å². The Balaban J connectivity index is 1.63. The first-order chi connectivity index (χ1) is 15.8. The van der Waals surface area contributed by atoms with Crippen LogP contribution in [0.4, 0.5) is 4.79 Å². The Morgan fingerprint density at radius 2 is 1.97 bits per heavy atom. The maximum atomic E-state index is 13.1. The van der Waals surface area contributed by atoms with Gasteiger partial charge in [-0.15, -0.1) is 0 Å². The molecule has 2 N–H and O–H groups in total. The van der Waals surface area contributed by atoms with Crippen LogP contribution in [0.2, 0.25) is 0 Å². The SMILES string of the molecule is CC(C)C(NC(=O)OCc1ccccc1)C(=O)CC1CCc2cc(ns2)CCNC(=O)C1=O. The highest BCUT2D eigenvalue weighted by atomic mass is 32.1. The van der Waals surface area contributed by atoms with E-state index in [0.717, 1.165) is 16.1 Å². The Labute approximate surface area is 197 Å². The number of aromatic nitrogens is 1. The van der Waals surface area contributed by atoms with Crippen molar-refractivity contribution in [1.29, 1.82) is 0 Å². The van der Waals surface area contributed by atoms with E-state index in [1.807, 2.05) is 50.2 Å². The number of nitrogens with zero attached hydrogens (tertiary/aromatic N) is 1. The molecule has 3 rings (SSSR count). The van der Waals surface area contributed by atoms with E-state index < -0.39 is 29.7 Å². The minimum atomic E-state index is -0.822. The molecule has 2 atom stereocenters. The molecule has 0 aliphatic carbocycles.